The Morgan fingerprint density at radius 1 is 1.24 bits per heavy atom. The Bertz CT molecular complexity index is 665. The second-order valence-electron chi connectivity index (χ2n) is 5.81. The van der Waals surface area contributed by atoms with Gasteiger partial charge in [0.25, 0.3) is 5.91 Å². The summed E-state index contributed by atoms with van der Waals surface area (Å²) in [7, 11) is 0. The number of carboxylic acids is 1. The quantitative estimate of drug-likeness (QED) is 0.926. The average Bonchev–Trinajstić information content (AvgIpc) is 2.91. The highest BCUT2D eigenvalue weighted by molar-refractivity contribution is 7.20. The number of piperidine rings is 1. The molecule has 0 atom stereocenters. The van der Waals surface area contributed by atoms with Gasteiger partial charge in [-0.25, -0.2) is 0 Å². The van der Waals surface area contributed by atoms with Gasteiger partial charge in [0.1, 0.15) is 0 Å². The molecule has 1 aromatic heterocycles. The number of thiophene rings is 1. The molecule has 4 nitrogen and oxygen atoms in total. The molecule has 21 heavy (non-hydrogen) atoms. The molecule has 2 aromatic rings. The van der Waals surface area contributed by atoms with Crippen molar-refractivity contribution in [2.45, 2.75) is 19.8 Å². The van der Waals surface area contributed by atoms with E-state index in [0.717, 1.165) is 15.0 Å². The standard InChI is InChI=1S/C16H17NO3S/c1-16(15(19)20)6-8-17(9-7-16)14(18)13-10-11-4-2-3-5-12(11)21-13/h2-5,10H,6-9H2,1H3,(H,19,20). The lowest BCUT2D eigenvalue weighted by atomic mass is 9.80. The van der Waals surface area contributed by atoms with Crippen LogP contribution in [-0.4, -0.2) is 35.0 Å². The largest absolute Gasteiger partial charge is 0.481 e. The van der Waals surface area contributed by atoms with Crippen LogP contribution in [0.2, 0.25) is 0 Å². The normalized spacial score (nSPS) is 17.9. The van der Waals surface area contributed by atoms with E-state index in [-0.39, 0.29) is 5.91 Å². The van der Waals surface area contributed by atoms with Crippen LogP contribution in [0, 0.1) is 5.41 Å². The Morgan fingerprint density at radius 3 is 2.52 bits per heavy atom. The third kappa shape index (κ3) is 2.53. The van der Waals surface area contributed by atoms with Crippen molar-refractivity contribution < 1.29 is 14.7 Å². The fourth-order valence-corrected chi connectivity index (χ4v) is 3.69. The number of carbonyl (C=O) groups excluding carboxylic acids is 1. The SMILES string of the molecule is CC1(C(=O)O)CCN(C(=O)c2cc3ccccc3s2)CC1. The summed E-state index contributed by atoms with van der Waals surface area (Å²) in [4.78, 5) is 26.3. The topological polar surface area (TPSA) is 57.6 Å². The van der Waals surface area contributed by atoms with E-state index >= 15 is 0 Å². The number of aliphatic carboxylic acids is 1. The molecular weight excluding hydrogens is 286 g/mol. The second kappa shape index (κ2) is 5.15. The molecule has 2 heterocycles. The zero-order valence-electron chi connectivity index (χ0n) is 11.8. The molecule has 1 amide bonds. The summed E-state index contributed by atoms with van der Waals surface area (Å²) in [6, 6.07) is 9.86. The van der Waals surface area contributed by atoms with Crippen molar-refractivity contribution in [1.29, 1.82) is 0 Å². The number of rotatable bonds is 2. The van der Waals surface area contributed by atoms with Crippen molar-refractivity contribution in [3.05, 3.63) is 35.2 Å². The molecule has 0 saturated carbocycles. The van der Waals surface area contributed by atoms with E-state index in [9.17, 15) is 14.7 Å². The van der Waals surface area contributed by atoms with Gasteiger partial charge in [0, 0.05) is 17.8 Å². The van der Waals surface area contributed by atoms with Gasteiger partial charge in [0.05, 0.1) is 10.3 Å². The van der Waals surface area contributed by atoms with Crippen molar-refractivity contribution in [3.63, 3.8) is 0 Å². The number of fused-ring (bicyclic) bond motifs is 1. The molecular formula is C16H17NO3S. The monoisotopic (exact) mass is 303 g/mol. The fraction of sp³-hybridized carbons (Fsp3) is 0.375. The Labute approximate surface area is 127 Å². The van der Waals surface area contributed by atoms with Crippen molar-refractivity contribution in [2.24, 2.45) is 5.41 Å². The summed E-state index contributed by atoms with van der Waals surface area (Å²) in [5.41, 5.74) is -0.697. The van der Waals surface area contributed by atoms with Crippen molar-refractivity contribution in [1.82, 2.24) is 4.90 Å². The zero-order chi connectivity index (χ0) is 15.0. The predicted octanol–water partition coefficient (Wildman–Crippen LogP) is 3.23. The first-order valence-electron chi connectivity index (χ1n) is 7.01. The molecule has 1 N–H and O–H groups in total. The molecule has 1 aliphatic heterocycles. The number of carboxylic acid groups (broad SMARTS) is 1. The lowest BCUT2D eigenvalue weighted by molar-refractivity contribution is -0.150. The minimum atomic E-state index is -0.767. The number of nitrogens with zero attached hydrogens (tertiary/aromatic N) is 1. The Balaban J connectivity index is 1.76. The van der Waals surface area contributed by atoms with E-state index in [1.165, 1.54) is 11.3 Å². The van der Waals surface area contributed by atoms with Crippen LogP contribution < -0.4 is 0 Å². The van der Waals surface area contributed by atoms with E-state index in [1.54, 1.807) is 11.8 Å². The molecule has 1 saturated heterocycles. The Hall–Kier alpha value is -1.88. The third-order valence-corrected chi connectivity index (χ3v) is 5.41. The first-order chi connectivity index (χ1) is 9.99. The van der Waals surface area contributed by atoms with Gasteiger partial charge in [-0.1, -0.05) is 18.2 Å². The highest BCUT2D eigenvalue weighted by atomic mass is 32.1. The van der Waals surface area contributed by atoms with Gasteiger partial charge in [-0.05, 0) is 37.3 Å². The molecule has 0 aliphatic carbocycles. The predicted molar refractivity (Wildman–Crippen MR) is 82.7 cm³/mol. The zero-order valence-corrected chi connectivity index (χ0v) is 12.7. The van der Waals surface area contributed by atoms with Gasteiger partial charge in [-0.2, -0.15) is 0 Å². The Morgan fingerprint density at radius 2 is 1.90 bits per heavy atom. The number of amides is 1. The van der Waals surface area contributed by atoms with Crippen LogP contribution in [0.25, 0.3) is 10.1 Å². The van der Waals surface area contributed by atoms with Gasteiger partial charge in [0.2, 0.25) is 0 Å². The lowest BCUT2D eigenvalue weighted by Gasteiger charge is -2.36. The summed E-state index contributed by atoms with van der Waals surface area (Å²) in [5.74, 6) is -0.750. The van der Waals surface area contributed by atoms with Gasteiger partial charge < -0.3 is 10.0 Å². The second-order valence-corrected chi connectivity index (χ2v) is 6.89. The molecule has 3 rings (SSSR count). The van der Waals surface area contributed by atoms with Crippen molar-refractivity contribution in [3.8, 4) is 0 Å². The fourth-order valence-electron chi connectivity index (χ4n) is 2.66. The van der Waals surface area contributed by atoms with Crippen LogP contribution in [0.15, 0.2) is 30.3 Å². The van der Waals surface area contributed by atoms with E-state index in [4.69, 9.17) is 0 Å². The molecule has 0 unspecified atom stereocenters. The van der Waals surface area contributed by atoms with E-state index < -0.39 is 11.4 Å². The third-order valence-electron chi connectivity index (χ3n) is 4.31. The van der Waals surface area contributed by atoms with Crippen LogP contribution in [0.4, 0.5) is 0 Å². The molecule has 1 aliphatic rings. The maximum atomic E-state index is 12.5. The maximum absolute atomic E-state index is 12.5. The first kappa shape index (κ1) is 14.1. The van der Waals surface area contributed by atoms with Gasteiger partial charge in [0.15, 0.2) is 0 Å². The van der Waals surface area contributed by atoms with Gasteiger partial charge in [-0.15, -0.1) is 11.3 Å². The van der Waals surface area contributed by atoms with Crippen LogP contribution >= 0.6 is 11.3 Å². The highest BCUT2D eigenvalue weighted by Crippen LogP contribution is 2.33. The Kier molecular flexibility index (Phi) is 3.45. The summed E-state index contributed by atoms with van der Waals surface area (Å²) in [5, 5.41) is 10.3. The van der Waals surface area contributed by atoms with Gasteiger partial charge in [-0.3, -0.25) is 9.59 Å². The number of hydrogen-bond acceptors (Lipinski definition) is 3. The minimum Gasteiger partial charge on any atom is -0.481 e. The molecule has 110 valence electrons. The lowest BCUT2D eigenvalue weighted by Crippen LogP contribution is -2.45. The van der Waals surface area contributed by atoms with Crippen LogP contribution in [0.1, 0.15) is 29.4 Å². The average molecular weight is 303 g/mol. The van der Waals surface area contributed by atoms with Crippen molar-refractivity contribution in [2.75, 3.05) is 13.1 Å². The first-order valence-corrected chi connectivity index (χ1v) is 7.82. The van der Waals surface area contributed by atoms with Crippen molar-refractivity contribution >= 4 is 33.3 Å². The van der Waals surface area contributed by atoms with Crippen LogP contribution in [0.5, 0.6) is 0 Å². The molecule has 0 spiro atoms. The molecule has 5 heteroatoms. The van der Waals surface area contributed by atoms with Gasteiger partial charge >= 0.3 is 5.97 Å². The maximum Gasteiger partial charge on any atom is 0.309 e. The van der Waals surface area contributed by atoms with E-state index in [1.807, 2.05) is 30.3 Å². The summed E-state index contributed by atoms with van der Waals surface area (Å²) in [6.07, 6.45) is 1.03. The highest BCUT2D eigenvalue weighted by Gasteiger charge is 2.38. The number of benzene rings is 1. The molecule has 1 fully saturated rings. The van der Waals surface area contributed by atoms with Crippen LogP contribution in [-0.2, 0) is 4.79 Å². The molecule has 1 aromatic carbocycles. The number of likely N-dealkylation sites (tertiary alicyclic amines) is 1. The van der Waals surface area contributed by atoms with E-state index in [0.29, 0.717) is 25.9 Å². The summed E-state index contributed by atoms with van der Waals surface area (Å²) < 4.78 is 1.10. The molecule has 0 radical (unpaired) electrons. The number of carbonyl (C=O) groups is 2. The summed E-state index contributed by atoms with van der Waals surface area (Å²) in [6.45, 7) is 2.78. The smallest absolute Gasteiger partial charge is 0.309 e. The molecule has 0 bridgehead atoms. The summed E-state index contributed by atoms with van der Waals surface area (Å²) >= 11 is 1.50. The number of hydrogen-bond donors (Lipinski definition) is 1. The van der Waals surface area contributed by atoms with E-state index in [2.05, 4.69) is 0 Å². The van der Waals surface area contributed by atoms with Crippen LogP contribution in [0.3, 0.4) is 0 Å². The minimum absolute atomic E-state index is 0.0173.